The Morgan fingerprint density at radius 1 is 1.30 bits per heavy atom. The molecule has 1 atom stereocenters. The van der Waals surface area contributed by atoms with E-state index in [2.05, 4.69) is 34.2 Å². The van der Waals surface area contributed by atoms with Crippen LogP contribution in [0.4, 0.5) is 0 Å². The highest BCUT2D eigenvalue weighted by Crippen LogP contribution is 2.37. The lowest BCUT2D eigenvalue weighted by Crippen LogP contribution is -2.42. The smallest absolute Gasteiger partial charge is 0.191 e. The molecule has 152 valence electrons. The molecule has 0 amide bonds. The van der Waals surface area contributed by atoms with E-state index in [1.165, 1.54) is 18.6 Å². The normalized spacial score (nSPS) is 24.3. The molecule has 2 fully saturated rings. The van der Waals surface area contributed by atoms with Gasteiger partial charge in [0.2, 0.25) is 0 Å². The summed E-state index contributed by atoms with van der Waals surface area (Å²) in [6, 6.07) is 3.96. The minimum absolute atomic E-state index is 0.295. The fourth-order valence-corrected chi connectivity index (χ4v) is 4.70. The molecule has 2 saturated heterocycles. The number of furan rings is 1. The Balaban J connectivity index is 1.42. The Labute approximate surface area is 167 Å². The van der Waals surface area contributed by atoms with E-state index in [1.807, 2.05) is 12.1 Å². The zero-order valence-corrected chi connectivity index (χ0v) is 17.4. The van der Waals surface area contributed by atoms with Crippen molar-refractivity contribution in [3.8, 4) is 0 Å². The lowest BCUT2D eigenvalue weighted by molar-refractivity contribution is 0.0376. The number of rotatable bonds is 9. The highest BCUT2D eigenvalue weighted by Gasteiger charge is 2.29. The number of hydrogen-bond donors (Lipinski definition) is 2. The van der Waals surface area contributed by atoms with Crippen molar-refractivity contribution < 1.29 is 9.15 Å². The van der Waals surface area contributed by atoms with E-state index in [0.29, 0.717) is 4.75 Å². The van der Waals surface area contributed by atoms with Crippen molar-refractivity contribution in [1.29, 1.82) is 0 Å². The van der Waals surface area contributed by atoms with E-state index in [-0.39, 0.29) is 0 Å². The first-order chi connectivity index (χ1) is 13.2. The first-order valence-electron chi connectivity index (χ1n) is 10.2. The van der Waals surface area contributed by atoms with Gasteiger partial charge in [0.1, 0.15) is 5.76 Å². The lowest BCUT2D eigenvalue weighted by atomic mass is 10.1. The van der Waals surface area contributed by atoms with Crippen LogP contribution in [0.1, 0.15) is 31.9 Å². The van der Waals surface area contributed by atoms with Gasteiger partial charge >= 0.3 is 0 Å². The summed E-state index contributed by atoms with van der Waals surface area (Å²) in [5, 5.41) is 7.00. The highest BCUT2D eigenvalue weighted by atomic mass is 32.2. The number of hydrogen-bond acceptors (Lipinski definition) is 5. The van der Waals surface area contributed by atoms with Crippen LogP contribution in [-0.2, 0) is 11.2 Å². The van der Waals surface area contributed by atoms with E-state index in [4.69, 9.17) is 14.1 Å². The summed E-state index contributed by atoms with van der Waals surface area (Å²) >= 11 is 2.06. The van der Waals surface area contributed by atoms with Crippen molar-refractivity contribution >= 4 is 17.7 Å². The molecule has 0 bridgehead atoms. The van der Waals surface area contributed by atoms with E-state index < -0.39 is 0 Å². The molecule has 3 heterocycles. The monoisotopic (exact) mass is 394 g/mol. The van der Waals surface area contributed by atoms with Gasteiger partial charge in [-0.2, -0.15) is 11.8 Å². The molecule has 2 N–H and O–H groups in total. The Morgan fingerprint density at radius 3 is 2.89 bits per heavy atom. The maximum absolute atomic E-state index is 5.42. The van der Waals surface area contributed by atoms with Crippen molar-refractivity contribution in [3.05, 3.63) is 24.2 Å². The van der Waals surface area contributed by atoms with Crippen molar-refractivity contribution in [1.82, 2.24) is 15.5 Å². The lowest BCUT2D eigenvalue weighted by Gasteiger charge is -2.26. The second-order valence-corrected chi connectivity index (χ2v) is 9.24. The molecular formula is C20H34N4O2S. The molecule has 1 aromatic rings. The van der Waals surface area contributed by atoms with Crippen LogP contribution in [0.25, 0.3) is 0 Å². The molecule has 0 saturated carbocycles. The van der Waals surface area contributed by atoms with E-state index in [0.717, 1.165) is 77.0 Å². The molecule has 2 aliphatic rings. The van der Waals surface area contributed by atoms with Gasteiger partial charge in [-0.1, -0.05) is 0 Å². The Hall–Kier alpha value is -1.18. The summed E-state index contributed by atoms with van der Waals surface area (Å²) in [4.78, 5) is 7.36. The van der Waals surface area contributed by atoms with E-state index >= 15 is 0 Å². The Bertz CT molecular complexity index is 552. The van der Waals surface area contributed by atoms with Crippen molar-refractivity contribution in [2.24, 2.45) is 4.99 Å². The molecule has 7 heteroatoms. The van der Waals surface area contributed by atoms with Gasteiger partial charge in [-0.15, -0.1) is 0 Å². The standard InChI is InChI=1S/C20H34N4O2S/c1-20(7-3-16-27-20)17-23-19(22-9-6-18-5-2-13-26-18)21-8-4-10-24-11-14-25-15-12-24/h2,5,13H,3-4,6-12,14-17H2,1H3,(H2,21,22,23). The zero-order chi connectivity index (χ0) is 18.8. The number of ether oxygens (including phenoxy) is 1. The van der Waals surface area contributed by atoms with Gasteiger partial charge in [-0.25, -0.2) is 0 Å². The second kappa shape index (κ2) is 11.0. The minimum atomic E-state index is 0.295. The predicted molar refractivity (Wildman–Crippen MR) is 113 cm³/mol. The molecule has 1 unspecified atom stereocenters. The number of guanidine groups is 1. The number of thioether (sulfide) groups is 1. The van der Waals surface area contributed by atoms with Crippen LogP contribution in [0.3, 0.4) is 0 Å². The number of aliphatic imine (C=N–C) groups is 1. The van der Waals surface area contributed by atoms with Crippen LogP contribution in [0.5, 0.6) is 0 Å². The van der Waals surface area contributed by atoms with Crippen molar-refractivity contribution in [2.75, 3.05) is 58.2 Å². The molecule has 0 aliphatic carbocycles. The summed E-state index contributed by atoms with van der Waals surface area (Å²) in [7, 11) is 0. The second-order valence-electron chi connectivity index (χ2n) is 7.56. The average molecular weight is 395 g/mol. The summed E-state index contributed by atoms with van der Waals surface area (Å²) in [5.41, 5.74) is 0. The quantitative estimate of drug-likeness (QED) is 0.381. The summed E-state index contributed by atoms with van der Waals surface area (Å²) in [5.74, 6) is 3.20. The molecule has 6 nitrogen and oxygen atoms in total. The fourth-order valence-electron chi connectivity index (χ4n) is 3.48. The molecule has 0 radical (unpaired) electrons. The largest absolute Gasteiger partial charge is 0.469 e. The molecule has 2 aliphatic heterocycles. The third-order valence-electron chi connectivity index (χ3n) is 5.16. The third-order valence-corrected chi connectivity index (χ3v) is 6.69. The van der Waals surface area contributed by atoms with Crippen LogP contribution < -0.4 is 10.6 Å². The van der Waals surface area contributed by atoms with Gasteiger partial charge in [0.25, 0.3) is 0 Å². The molecule has 27 heavy (non-hydrogen) atoms. The van der Waals surface area contributed by atoms with E-state index in [1.54, 1.807) is 6.26 Å². The fraction of sp³-hybridized carbons (Fsp3) is 0.750. The van der Waals surface area contributed by atoms with E-state index in [9.17, 15) is 0 Å². The SMILES string of the molecule is CC1(CN=C(NCCCN2CCOCC2)NCCc2ccco2)CCCS1. The number of morpholine rings is 1. The number of nitrogens with zero attached hydrogens (tertiary/aromatic N) is 2. The molecule has 0 spiro atoms. The molecule has 3 rings (SSSR count). The number of nitrogens with one attached hydrogen (secondary N) is 2. The minimum Gasteiger partial charge on any atom is -0.469 e. The first-order valence-corrected chi connectivity index (χ1v) is 11.2. The zero-order valence-electron chi connectivity index (χ0n) is 16.5. The molecule has 1 aromatic heterocycles. The van der Waals surface area contributed by atoms with Gasteiger partial charge in [0.05, 0.1) is 26.0 Å². The summed E-state index contributed by atoms with van der Waals surface area (Å²) < 4.78 is 11.1. The average Bonchev–Trinajstić information content (AvgIpc) is 3.36. The van der Waals surface area contributed by atoms with Crippen LogP contribution in [0.2, 0.25) is 0 Å². The Morgan fingerprint density at radius 2 is 2.15 bits per heavy atom. The van der Waals surface area contributed by atoms with Crippen molar-refractivity contribution in [3.63, 3.8) is 0 Å². The summed E-state index contributed by atoms with van der Waals surface area (Å²) in [6.45, 7) is 9.93. The highest BCUT2D eigenvalue weighted by molar-refractivity contribution is 8.00. The molecular weight excluding hydrogens is 360 g/mol. The maximum Gasteiger partial charge on any atom is 0.191 e. The topological polar surface area (TPSA) is 62.0 Å². The maximum atomic E-state index is 5.42. The van der Waals surface area contributed by atoms with Crippen LogP contribution in [0.15, 0.2) is 27.8 Å². The predicted octanol–water partition coefficient (Wildman–Crippen LogP) is 2.37. The van der Waals surface area contributed by atoms with Gasteiger partial charge < -0.3 is 19.8 Å². The summed E-state index contributed by atoms with van der Waals surface area (Å²) in [6.07, 6.45) is 6.29. The van der Waals surface area contributed by atoms with Crippen LogP contribution in [0, 0.1) is 0 Å². The first kappa shape index (κ1) is 20.6. The van der Waals surface area contributed by atoms with Crippen molar-refractivity contribution in [2.45, 2.75) is 37.4 Å². The van der Waals surface area contributed by atoms with Gasteiger partial charge in [-0.05, 0) is 50.6 Å². The Kier molecular flexibility index (Phi) is 8.35. The van der Waals surface area contributed by atoms with Gasteiger partial charge in [-0.3, -0.25) is 9.89 Å². The van der Waals surface area contributed by atoms with Crippen LogP contribution in [-0.4, -0.2) is 73.8 Å². The van der Waals surface area contributed by atoms with Gasteiger partial charge in [0.15, 0.2) is 5.96 Å². The van der Waals surface area contributed by atoms with Crippen LogP contribution >= 0.6 is 11.8 Å². The van der Waals surface area contributed by atoms with Gasteiger partial charge in [0, 0.05) is 37.3 Å². The third kappa shape index (κ3) is 7.39. The molecule has 0 aromatic carbocycles.